The Hall–Kier alpha value is -3.11. The summed E-state index contributed by atoms with van der Waals surface area (Å²) in [5.74, 6) is -0.388. The molecule has 2 rings (SSSR count). The molecule has 0 radical (unpaired) electrons. The van der Waals surface area contributed by atoms with E-state index in [0.29, 0.717) is 11.4 Å². The summed E-state index contributed by atoms with van der Waals surface area (Å²) in [6.07, 6.45) is 0. The zero-order valence-corrected chi connectivity index (χ0v) is 15.4. The summed E-state index contributed by atoms with van der Waals surface area (Å²) < 4.78 is 38.4. The fraction of sp³-hybridized carbons (Fsp3) is 0.176. The van der Waals surface area contributed by atoms with E-state index in [1.165, 1.54) is 26.0 Å². The van der Waals surface area contributed by atoms with Gasteiger partial charge in [0, 0.05) is 12.6 Å². The molecule has 0 aliphatic carbocycles. The van der Waals surface area contributed by atoms with Crippen molar-refractivity contribution in [3.63, 3.8) is 0 Å². The minimum Gasteiger partial charge on any atom is -0.744 e. The molecule has 9 nitrogen and oxygen atoms in total. The first-order chi connectivity index (χ1) is 12.6. The van der Waals surface area contributed by atoms with E-state index in [1.807, 2.05) is 0 Å². The summed E-state index contributed by atoms with van der Waals surface area (Å²) in [5.41, 5.74) is 6.53. The van der Waals surface area contributed by atoms with Crippen LogP contribution < -0.4 is 20.9 Å². The predicted molar refractivity (Wildman–Crippen MR) is 97.1 cm³/mol. The van der Waals surface area contributed by atoms with Crippen LogP contribution in [0.15, 0.2) is 47.4 Å². The molecule has 27 heavy (non-hydrogen) atoms. The van der Waals surface area contributed by atoms with Crippen LogP contribution in [0.3, 0.4) is 0 Å². The predicted octanol–water partition coefficient (Wildman–Crippen LogP) is 1.38. The Bertz CT molecular complexity index is 942. The van der Waals surface area contributed by atoms with Crippen LogP contribution >= 0.6 is 0 Å². The highest BCUT2D eigenvalue weighted by Crippen LogP contribution is 2.21. The van der Waals surface area contributed by atoms with Gasteiger partial charge in [-0.3, -0.25) is 20.4 Å². The molecule has 144 valence electrons. The molecule has 0 fully saturated rings. The largest absolute Gasteiger partial charge is 0.744 e. The second-order valence-electron chi connectivity index (χ2n) is 5.60. The molecule has 2 amide bonds. The summed E-state index contributed by atoms with van der Waals surface area (Å²) in [6, 6.07) is 10.4. The SMILES string of the molecule is CC(=O)NNc1ccc(NC(=O)COc2ccc(S(=O)(=O)[O-])c(C)c2)cc1. The Morgan fingerprint density at radius 3 is 2.26 bits per heavy atom. The third kappa shape index (κ3) is 6.28. The molecule has 3 N–H and O–H groups in total. The topological polar surface area (TPSA) is 137 Å². The van der Waals surface area contributed by atoms with Crippen molar-refractivity contribution in [1.82, 2.24) is 5.43 Å². The average molecular weight is 392 g/mol. The number of ether oxygens (including phenoxy) is 1. The number of hydrogen-bond acceptors (Lipinski definition) is 7. The van der Waals surface area contributed by atoms with Gasteiger partial charge < -0.3 is 14.6 Å². The molecule has 0 unspecified atom stereocenters. The van der Waals surface area contributed by atoms with E-state index in [4.69, 9.17) is 4.74 Å². The zero-order chi connectivity index (χ0) is 20.0. The number of amides is 2. The summed E-state index contributed by atoms with van der Waals surface area (Å²) >= 11 is 0. The maximum atomic E-state index is 11.9. The lowest BCUT2D eigenvalue weighted by Crippen LogP contribution is -2.26. The minimum absolute atomic E-state index is 0.236. The molecular formula is C17H18N3O6S-. The molecule has 0 aromatic heterocycles. The zero-order valence-electron chi connectivity index (χ0n) is 14.6. The first kappa shape index (κ1) is 20.2. The lowest BCUT2D eigenvalue weighted by Gasteiger charge is -2.13. The van der Waals surface area contributed by atoms with Crippen LogP contribution in [0.1, 0.15) is 12.5 Å². The van der Waals surface area contributed by atoms with Crippen molar-refractivity contribution < 1.29 is 27.3 Å². The molecule has 0 aliphatic rings. The summed E-state index contributed by atoms with van der Waals surface area (Å²) in [5, 5.41) is 2.63. The van der Waals surface area contributed by atoms with E-state index >= 15 is 0 Å². The van der Waals surface area contributed by atoms with Gasteiger partial charge in [0.1, 0.15) is 15.9 Å². The lowest BCUT2D eigenvalue weighted by atomic mass is 10.2. The van der Waals surface area contributed by atoms with Gasteiger partial charge in [-0.15, -0.1) is 0 Å². The Balaban J connectivity index is 1.89. The highest BCUT2D eigenvalue weighted by atomic mass is 32.2. The molecule has 0 saturated heterocycles. The number of benzene rings is 2. The standard InChI is InChI=1S/C17H19N3O6S/c1-11-9-15(7-8-16(11)27(23,24)25)26-10-17(22)18-13-3-5-14(6-4-13)20-19-12(2)21/h3-9,20H,10H2,1-2H3,(H,18,22)(H,19,21)(H,23,24,25)/p-1. The van der Waals surface area contributed by atoms with Crippen LogP contribution in [0, 0.1) is 6.92 Å². The third-order valence-corrected chi connectivity index (χ3v) is 4.33. The average Bonchev–Trinajstić information content (AvgIpc) is 2.58. The van der Waals surface area contributed by atoms with Crippen LogP contribution in [0.25, 0.3) is 0 Å². The Kier molecular flexibility index (Phi) is 6.37. The minimum atomic E-state index is -4.55. The van der Waals surface area contributed by atoms with Gasteiger partial charge in [0.15, 0.2) is 6.61 Å². The number of nitrogens with one attached hydrogen (secondary N) is 3. The van der Waals surface area contributed by atoms with E-state index in [2.05, 4.69) is 16.2 Å². The van der Waals surface area contributed by atoms with E-state index < -0.39 is 16.0 Å². The van der Waals surface area contributed by atoms with Gasteiger partial charge in [0.05, 0.1) is 10.6 Å². The monoisotopic (exact) mass is 392 g/mol. The Morgan fingerprint density at radius 1 is 1.07 bits per heavy atom. The molecule has 0 spiro atoms. The number of rotatable bonds is 7. The third-order valence-electron chi connectivity index (χ3n) is 3.34. The van der Waals surface area contributed by atoms with Gasteiger partial charge in [0.2, 0.25) is 5.91 Å². The number of carbonyl (C=O) groups excluding carboxylic acids is 2. The van der Waals surface area contributed by atoms with Crippen molar-refractivity contribution in [3.05, 3.63) is 48.0 Å². The van der Waals surface area contributed by atoms with Crippen molar-refractivity contribution in [2.45, 2.75) is 18.7 Å². The van der Waals surface area contributed by atoms with Crippen molar-refractivity contribution in [1.29, 1.82) is 0 Å². The van der Waals surface area contributed by atoms with Crippen LogP contribution in [0.5, 0.6) is 5.75 Å². The molecule has 2 aromatic rings. The number of hydrogen-bond donors (Lipinski definition) is 3. The van der Waals surface area contributed by atoms with E-state index in [1.54, 1.807) is 24.3 Å². The summed E-state index contributed by atoms with van der Waals surface area (Å²) in [6.45, 7) is 2.54. The molecule has 0 atom stereocenters. The number of hydrazine groups is 1. The van der Waals surface area contributed by atoms with E-state index in [9.17, 15) is 22.6 Å². The smallest absolute Gasteiger partial charge is 0.262 e. The molecule has 0 bridgehead atoms. The van der Waals surface area contributed by atoms with Gasteiger partial charge in [-0.2, -0.15) is 0 Å². The van der Waals surface area contributed by atoms with Crippen molar-refractivity contribution >= 4 is 33.3 Å². The molecule has 0 heterocycles. The first-order valence-corrected chi connectivity index (χ1v) is 9.18. The molecule has 0 saturated carbocycles. The van der Waals surface area contributed by atoms with Crippen molar-refractivity contribution in [3.8, 4) is 5.75 Å². The highest BCUT2D eigenvalue weighted by Gasteiger charge is 2.09. The normalized spacial score (nSPS) is 10.8. The Labute approximate surface area is 156 Å². The van der Waals surface area contributed by atoms with Gasteiger partial charge in [-0.05, 0) is 55.0 Å². The van der Waals surface area contributed by atoms with E-state index in [-0.39, 0.29) is 28.7 Å². The van der Waals surface area contributed by atoms with Crippen molar-refractivity contribution in [2.24, 2.45) is 0 Å². The molecule has 2 aromatic carbocycles. The van der Waals surface area contributed by atoms with Gasteiger partial charge in [-0.25, -0.2) is 8.42 Å². The Morgan fingerprint density at radius 2 is 1.70 bits per heavy atom. The maximum absolute atomic E-state index is 11.9. The van der Waals surface area contributed by atoms with Crippen LogP contribution in [0.2, 0.25) is 0 Å². The first-order valence-electron chi connectivity index (χ1n) is 7.77. The number of carbonyl (C=O) groups is 2. The molecule has 10 heteroatoms. The van der Waals surface area contributed by atoms with Gasteiger partial charge in [0.25, 0.3) is 5.91 Å². The fourth-order valence-corrected chi connectivity index (χ4v) is 2.82. The quantitative estimate of drug-likeness (QED) is 0.478. The molecule has 0 aliphatic heterocycles. The molecular weight excluding hydrogens is 374 g/mol. The lowest BCUT2D eigenvalue weighted by molar-refractivity contribution is -0.119. The number of aryl methyl sites for hydroxylation is 1. The van der Waals surface area contributed by atoms with Crippen molar-refractivity contribution in [2.75, 3.05) is 17.3 Å². The van der Waals surface area contributed by atoms with Crippen LogP contribution in [0.4, 0.5) is 11.4 Å². The maximum Gasteiger partial charge on any atom is 0.262 e. The fourth-order valence-electron chi connectivity index (χ4n) is 2.14. The summed E-state index contributed by atoms with van der Waals surface area (Å²) in [7, 11) is -4.55. The highest BCUT2D eigenvalue weighted by molar-refractivity contribution is 7.85. The van der Waals surface area contributed by atoms with Gasteiger partial charge in [-0.1, -0.05) is 0 Å². The summed E-state index contributed by atoms with van der Waals surface area (Å²) in [4.78, 5) is 22.4. The van der Waals surface area contributed by atoms with Gasteiger partial charge >= 0.3 is 0 Å². The van der Waals surface area contributed by atoms with Crippen LogP contribution in [-0.4, -0.2) is 31.4 Å². The van der Waals surface area contributed by atoms with Crippen LogP contribution in [-0.2, 0) is 19.7 Å². The number of anilines is 2. The van der Waals surface area contributed by atoms with E-state index in [0.717, 1.165) is 6.07 Å². The second-order valence-corrected chi connectivity index (χ2v) is 6.95. The second kappa shape index (κ2) is 8.52.